The highest BCUT2D eigenvalue weighted by Gasteiger charge is 2.65. The van der Waals surface area contributed by atoms with Gasteiger partial charge in [-0.2, -0.15) is 10.1 Å². The number of fused-ring (bicyclic) bond motifs is 3. The number of benzene rings is 2. The number of amides is 1. The first kappa shape index (κ1) is 21.0. The Kier molecular flexibility index (Phi) is 4.42. The summed E-state index contributed by atoms with van der Waals surface area (Å²) in [5, 5.41) is 14.9. The Balaban J connectivity index is 1.19. The molecule has 1 spiro atoms. The van der Waals surface area contributed by atoms with Gasteiger partial charge in [0.1, 0.15) is 5.75 Å². The summed E-state index contributed by atoms with van der Waals surface area (Å²) >= 11 is 0. The first-order chi connectivity index (χ1) is 17.6. The summed E-state index contributed by atoms with van der Waals surface area (Å²) in [6, 6.07) is 12.0. The van der Waals surface area contributed by atoms with Crippen LogP contribution in [0, 0.1) is 0 Å². The van der Waals surface area contributed by atoms with Gasteiger partial charge < -0.3 is 25.0 Å². The van der Waals surface area contributed by atoms with E-state index in [1.54, 1.807) is 20.4 Å². The second-order valence-corrected chi connectivity index (χ2v) is 9.52. The Hall–Kier alpha value is -4.34. The maximum atomic E-state index is 13.0. The van der Waals surface area contributed by atoms with Crippen LogP contribution in [0.2, 0.25) is 0 Å². The van der Waals surface area contributed by atoms with Crippen molar-refractivity contribution in [2.45, 2.75) is 24.2 Å². The van der Waals surface area contributed by atoms with Crippen molar-refractivity contribution in [3.63, 3.8) is 0 Å². The van der Waals surface area contributed by atoms with Crippen LogP contribution in [0.25, 0.3) is 10.9 Å². The van der Waals surface area contributed by atoms with E-state index >= 15 is 0 Å². The predicted molar refractivity (Wildman–Crippen MR) is 135 cm³/mol. The van der Waals surface area contributed by atoms with Gasteiger partial charge in [0.15, 0.2) is 17.4 Å². The monoisotopic (exact) mass is 483 g/mol. The fraction of sp³-hybridized carbons (Fsp3) is 0.308. The van der Waals surface area contributed by atoms with Gasteiger partial charge in [-0.15, -0.1) is 0 Å². The molecular formula is C26H25N7O3. The molecule has 3 N–H and O–H groups in total. The second kappa shape index (κ2) is 7.58. The zero-order valence-corrected chi connectivity index (χ0v) is 20.0. The van der Waals surface area contributed by atoms with E-state index in [1.807, 2.05) is 24.3 Å². The molecule has 2 aliphatic heterocycles. The van der Waals surface area contributed by atoms with Crippen molar-refractivity contribution in [1.82, 2.24) is 20.2 Å². The molecule has 0 bridgehead atoms. The van der Waals surface area contributed by atoms with Gasteiger partial charge in [0.2, 0.25) is 11.9 Å². The molecule has 1 saturated carbocycles. The van der Waals surface area contributed by atoms with Crippen LogP contribution in [-0.4, -0.2) is 53.4 Å². The maximum absolute atomic E-state index is 13.0. The highest BCUT2D eigenvalue weighted by Crippen LogP contribution is 2.65. The van der Waals surface area contributed by atoms with Gasteiger partial charge in [0.05, 0.1) is 31.3 Å². The van der Waals surface area contributed by atoms with Crippen LogP contribution in [-0.2, 0) is 10.2 Å². The van der Waals surface area contributed by atoms with Gasteiger partial charge in [-0.1, -0.05) is 6.07 Å². The Labute approximate surface area is 207 Å². The Morgan fingerprint density at radius 3 is 2.78 bits per heavy atom. The lowest BCUT2D eigenvalue weighted by Crippen LogP contribution is -2.38. The first-order valence-corrected chi connectivity index (χ1v) is 12.0. The van der Waals surface area contributed by atoms with Gasteiger partial charge in [-0.05, 0) is 54.3 Å². The lowest BCUT2D eigenvalue weighted by molar-refractivity contribution is -0.118. The van der Waals surface area contributed by atoms with E-state index in [2.05, 4.69) is 47.8 Å². The number of H-pyrrole nitrogens is 1. The average molecular weight is 484 g/mol. The molecule has 10 heteroatoms. The largest absolute Gasteiger partial charge is 0.497 e. The molecule has 1 saturated heterocycles. The van der Waals surface area contributed by atoms with E-state index < -0.39 is 5.41 Å². The fourth-order valence-corrected chi connectivity index (χ4v) is 5.43. The van der Waals surface area contributed by atoms with Crippen molar-refractivity contribution in [2.75, 3.05) is 42.8 Å². The second-order valence-electron chi connectivity index (χ2n) is 9.52. The molecule has 1 amide bonds. The van der Waals surface area contributed by atoms with E-state index in [-0.39, 0.29) is 11.8 Å². The summed E-state index contributed by atoms with van der Waals surface area (Å²) in [6.07, 6.45) is 3.59. The van der Waals surface area contributed by atoms with Gasteiger partial charge in [0.25, 0.3) is 0 Å². The van der Waals surface area contributed by atoms with Gasteiger partial charge in [-0.3, -0.25) is 9.89 Å². The van der Waals surface area contributed by atoms with Crippen LogP contribution in [0.1, 0.15) is 29.9 Å². The highest BCUT2D eigenvalue weighted by atomic mass is 16.5. The molecule has 2 fully saturated rings. The number of aromatic amines is 1. The molecule has 1 aliphatic carbocycles. The van der Waals surface area contributed by atoms with E-state index in [0.717, 1.165) is 59.4 Å². The Bertz CT molecular complexity index is 1530. The van der Waals surface area contributed by atoms with Gasteiger partial charge in [0, 0.05) is 30.1 Å². The van der Waals surface area contributed by atoms with E-state index in [0.29, 0.717) is 23.3 Å². The standard InChI is InChI=1S/C26H25N7O3/c1-35-15-5-7-19-17(11-15)26(24(34)28-19)12-18(26)14-4-6-16-20(10-14)31-32-22(16)29-23-21(36-2)13-27-25(30-23)33-8-3-9-33/h4-7,10-11,13,18H,3,8-9,12H2,1-2H3,(H,28,34)(H2,27,29,30,31,32)/t18-,26-/m0/s1. The van der Waals surface area contributed by atoms with Crippen molar-refractivity contribution in [3.05, 3.63) is 53.7 Å². The third-order valence-electron chi connectivity index (χ3n) is 7.65. The van der Waals surface area contributed by atoms with Crippen LogP contribution in [0.4, 0.5) is 23.3 Å². The number of methoxy groups -OCH3 is 2. The van der Waals surface area contributed by atoms with E-state index in [4.69, 9.17) is 9.47 Å². The summed E-state index contributed by atoms with van der Waals surface area (Å²) in [6.45, 7) is 1.91. The van der Waals surface area contributed by atoms with Crippen molar-refractivity contribution in [1.29, 1.82) is 0 Å². The van der Waals surface area contributed by atoms with Gasteiger partial charge in [-0.25, -0.2) is 4.98 Å². The van der Waals surface area contributed by atoms with Crippen molar-refractivity contribution >= 4 is 40.1 Å². The number of hydrogen-bond donors (Lipinski definition) is 3. The molecule has 2 aromatic heterocycles. The van der Waals surface area contributed by atoms with Crippen LogP contribution >= 0.6 is 0 Å². The lowest BCUT2D eigenvalue weighted by atomic mass is 9.91. The predicted octanol–water partition coefficient (Wildman–Crippen LogP) is 3.70. The summed E-state index contributed by atoms with van der Waals surface area (Å²) in [5.41, 5.74) is 3.33. The Morgan fingerprint density at radius 2 is 2.00 bits per heavy atom. The molecule has 0 radical (unpaired) electrons. The van der Waals surface area contributed by atoms with Crippen molar-refractivity contribution < 1.29 is 14.3 Å². The minimum Gasteiger partial charge on any atom is -0.497 e. The normalized spacial score (nSPS) is 21.8. The number of rotatable bonds is 6. The molecule has 10 nitrogen and oxygen atoms in total. The molecule has 4 aromatic rings. The third kappa shape index (κ3) is 2.96. The Morgan fingerprint density at radius 1 is 1.11 bits per heavy atom. The molecule has 7 rings (SSSR count). The number of nitrogens with one attached hydrogen (secondary N) is 3. The summed E-state index contributed by atoms with van der Waals surface area (Å²) in [4.78, 5) is 24.2. The van der Waals surface area contributed by atoms with Crippen molar-refractivity contribution in [3.8, 4) is 11.5 Å². The topological polar surface area (TPSA) is 117 Å². The molecule has 182 valence electrons. The molecule has 2 atom stereocenters. The van der Waals surface area contributed by atoms with Gasteiger partial charge >= 0.3 is 0 Å². The van der Waals surface area contributed by atoms with Crippen LogP contribution in [0.5, 0.6) is 11.5 Å². The lowest BCUT2D eigenvalue weighted by Gasteiger charge is -2.31. The third-order valence-corrected chi connectivity index (χ3v) is 7.65. The quantitative estimate of drug-likeness (QED) is 0.380. The zero-order chi connectivity index (χ0) is 24.4. The van der Waals surface area contributed by atoms with Crippen LogP contribution in [0.15, 0.2) is 42.6 Å². The number of carbonyl (C=O) groups is 1. The molecule has 0 unspecified atom stereocenters. The number of hydrogen-bond acceptors (Lipinski definition) is 8. The van der Waals surface area contributed by atoms with Crippen LogP contribution < -0.4 is 25.0 Å². The minimum atomic E-state index is -0.541. The van der Waals surface area contributed by atoms with E-state index in [1.165, 1.54) is 0 Å². The van der Waals surface area contributed by atoms with Crippen LogP contribution in [0.3, 0.4) is 0 Å². The maximum Gasteiger partial charge on any atom is 0.235 e. The molecule has 2 aromatic carbocycles. The van der Waals surface area contributed by atoms with Crippen molar-refractivity contribution in [2.24, 2.45) is 0 Å². The molecule has 3 aliphatic rings. The molecule has 36 heavy (non-hydrogen) atoms. The summed E-state index contributed by atoms with van der Waals surface area (Å²) in [7, 11) is 3.24. The summed E-state index contributed by atoms with van der Waals surface area (Å²) < 4.78 is 10.9. The smallest absolute Gasteiger partial charge is 0.235 e. The molecule has 4 heterocycles. The number of carbonyl (C=O) groups excluding carboxylic acids is 1. The molecular weight excluding hydrogens is 458 g/mol. The first-order valence-electron chi connectivity index (χ1n) is 12.0. The number of ether oxygens (including phenoxy) is 2. The number of nitrogens with zero attached hydrogens (tertiary/aromatic N) is 4. The summed E-state index contributed by atoms with van der Waals surface area (Å²) in [5.74, 6) is 3.36. The number of anilines is 4. The zero-order valence-electron chi connectivity index (χ0n) is 20.0. The SMILES string of the molecule is COc1ccc2c(c1)[C@]1(C[C@H]1c1ccc3c(Nc4nc(N5CCC5)ncc4OC)n[nH]c3c1)C(=O)N2. The van der Waals surface area contributed by atoms with E-state index in [9.17, 15) is 4.79 Å². The minimum absolute atomic E-state index is 0.0525. The number of aromatic nitrogens is 4. The average Bonchev–Trinajstić information content (AvgIpc) is 3.41. The highest BCUT2D eigenvalue weighted by molar-refractivity contribution is 6.10. The fourth-order valence-electron chi connectivity index (χ4n) is 5.43.